The number of nitrogens with zero attached hydrogens (tertiary/aromatic N) is 1. The van der Waals surface area contributed by atoms with Crippen molar-refractivity contribution in [1.29, 1.82) is 0 Å². The largest absolute Gasteiger partial charge is 0.478 e. The maximum atomic E-state index is 13.9. The number of carbonyl (C=O) groups excluding carboxylic acids is 1. The number of aromatic carboxylic acids is 1. The van der Waals surface area contributed by atoms with E-state index in [4.69, 9.17) is 16.6 Å². The number of amides is 1. The third-order valence-electron chi connectivity index (χ3n) is 6.13. The average Bonchev–Trinajstić information content (AvgIpc) is 2.89. The van der Waals surface area contributed by atoms with Gasteiger partial charge in [0.2, 0.25) is 0 Å². The SMILES string of the molecule is Cc1c(-c2ccccc2)nc2ccc(Br)cc2c1C(=O)Nc1ccc(C(=O)O)cc1-c1ccc(Cl)cc1. The van der Waals surface area contributed by atoms with Crippen LogP contribution < -0.4 is 5.32 Å². The summed E-state index contributed by atoms with van der Waals surface area (Å²) in [6.07, 6.45) is 0. The second-order valence-corrected chi connectivity index (χ2v) is 9.87. The van der Waals surface area contributed by atoms with Gasteiger partial charge < -0.3 is 10.4 Å². The van der Waals surface area contributed by atoms with Crippen molar-refractivity contribution < 1.29 is 14.7 Å². The summed E-state index contributed by atoms with van der Waals surface area (Å²) >= 11 is 9.58. The molecule has 0 bridgehead atoms. The summed E-state index contributed by atoms with van der Waals surface area (Å²) in [6.45, 7) is 1.89. The number of halogens is 2. The Kier molecular flexibility index (Phi) is 6.78. The molecule has 0 spiro atoms. The summed E-state index contributed by atoms with van der Waals surface area (Å²) in [5.74, 6) is -1.38. The van der Waals surface area contributed by atoms with Crippen molar-refractivity contribution in [2.45, 2.75) is 6.92 Å². The Bertz CT molecular complexity index is 1670. The molecule has 5 aromatic rings. The number of hydrogen-bond acceptors (Lipinski definition) is 3. The summed E-state index contributed by atoms with van der Waals surface area (Å²) in [6, 6.07) is 27.0. The zero-order valence-corrected chi connectivity index (χ0v) is 22.0. The van der Waals surface area contributed by atoms with Gasteiger partial charge in [0.05, 0.1) is 22.3 Å². The maximum Gasteiger partial charge on any atom is 0.335 e. The first-order chi connectivity index (χ1) is 17.8. The fourth-order valence-electron chi connectivity index (χ4n) is 4.34. The van der Waals surface area contributed by atoms with E-state index in [1.807, 2.05) is 55.5 Å². The number of nitrogens with one attached hydrogen (secondary N) is 1. The molecule has 0 fully saturated rings. The van der Waals surface area contributed by atoms with Crippen LogP contribution in [-0.4, -0.2) is 22.0 Å². The number of benzene rings is 4. The quantitative estimate of drug-likeness (QED) is 0.223. The number of anilines is 1. The number of carboxylic acid groups (broad SMARTS) is 1. The Morgan fingerprint density at radius 2 is 1.62 bits per heavy atom. The van der Waals surface area contributed by atoms with Crippen LogP contribution in [-0.2, 0) is 0 Å². The number of pyridine rings is 1. The van der Waals surface area contributed by atoms with Crippen molar-refractivity contribution in [3.63, 3.8) is 0 Å². The molecule has 0 atom stereocenters. The van der Waals surface area contributed by atoms with E-state index < -0.39 is 5.97 Å². The lowest BCUT2D eigenvalue weighted by atomic mass is 9.96. The first-order valence-electron chi connectivity index (χ1n) is 11.4. The average molecular weight is 572 g/mol. The number of fused-ring (bicyclic) bond motifs is 1. The van der Waals surface area contributed by atoms with Gasteiger partial charge in [-0.25, -0.2) is 9.78 Å². The second kappa shape index (κ2) is 10.2. The van der Waals surface area contributed by atoms with Crippen LogP contribution in [0, 0.1) is 6.92 Å². The van der Waals surface area contributed by atoms with Crippen LogP contribution in [0.5, 0.6) is 0 Å². The highest BCUT2D eigenvalue weighted by Gasteiger charge is 2.21. The predicted octanol–water partition coefficient (Wildman–Crippen LogP) is 8.24. The van der Waals surface area contributed by atoms with E-state index in [-0.39, 0.29) is 11.5 Å². The van der Waals surface area contributed by atoms with Crippen LogP contribution in [0.15, 0.2) is 95.5 Å². The van der Waals surface area contributed by atoms with Crippen molar-refractivity contribution in [3.8, 4) is 22.4 Å². The van der Waals surface area contributed by atoms with Gasteiger partial charge in [0, 0.05) is 31.7 Å². The molecule has 0 saturated heterocycles. The van der Waals surface area contributed by atoms with Gasteiger partial charge in [-0.05, 0) is 66.6 Å². The molecule has 1 heterocycles. The van der Waals surface area contributed by atoms with Crippen LogP contribution in [0.3, 0.4) is 0 Å². The maximum absolute atomic E-state index is 13.9. The molecule has 5 nitrogen and oxygen atoms in total. The standard InChI is InChI=1S/C30H20BrClN2O3/c1-17-27(24-16-21(31)10-14-26(24)33-28(17)19-5-3-2-4-6-19)29(35)34-25-13-9-20(30(36)37)15-23(25)18-7-11-22(32)12-8-18/h2-16H,1H3,(H,34,35)(H,36,37). The lowest BCUT2D eigenvalue weighted by molar-refractivity contribution is 0.0696. The Balaban J connectivity index is 1.66. The fraction of sp³-hybridized carbons (Fsp3) is 0.0333. The first kappa shape index (κ1) is 24.7. The molecule has 0 radical (unpaired) electrons. The monoisotopic (exact) mass is 570 g/mol. The highest BCUT2D eigenvalue weighted by molar-refractivity contribution is 9.10. The fourth-order valence-corrected chi connectivity index (χ4v) is 4.83. The molecule has 0 aliphatic heterocycles. The van der Waals surface area contributed by atoms with Crippen molar-refractivity contribution in [2.75, 3.05) is 5.32 Å². The molecule has 4 aromatic carbocycles. The zero-order chi connectivity index (χ0) is 26.1. The van der Waals surface area contributed by atoms with Crippen LogP contribution in [0.25, 0.3) is 33.3 Å². The molecule has 182 valence electrons. The molecule has 37 heavy (non-hydrogen) atoms. The number of carboxylic acids is 1. The van der Waals surface area contributed by atoms with Crippen LogP contribution in [0.4, 0.5) is 5.69 Å². The molecular formula is C30H20BrClN2O3. The third-order valence-corrected chi connectivity index (χ3v) is 6.88. The molecule has 5 rings (SSSR count). The van der Waals surface area contributed by atoms with Crippen molar-refractivity contribution in [1.82, 2.24) is 4.98 Å². The van der Waals surface area contributed by atoms with Gasteiger partial charge >= 0.3 is 5.97 Å². The van der Waals surface area contributed by atoms with Gasteiger partial charge in [0.1, 0.15) is 0 Å². The van der Waals surface area contributed by atoms with Crippen molar-refractivity contribution in [2.24, 2.45) is 0 Å². The Morgan fingerprint density at radius 3 is 2.32 bits per heavy atom. The molecule has 0 aliphatic rings. The Labute approximate surface area is 226 Å². The second-order valence-electron chi connectivity index (χ2n) is 8.51. The molecule has 0 unspecified atom stereocenters. The van der Waals surface area contributed by atoms with Crippen LogP contribution in [0.2, 0.25) is 5.02 Å². The van der Waals surface area contributed by atoms with E-state index in [0.717, 1.165) is 26.9 Å². The third kappa shape index (κ3) is 4.99. The van der Waals surface area contributed by atoms with E-state index in [1.54, 1.807) is 36.4 Å². The molecule has 1 amide bonds. The summed E-state index contributed by atoms with van der Waals surface area (Å²) in [4.78, 5) is 30.4. The van der Waals surface area contributed by atoms with Gasteiger partial charge in [0.25, 0.3) is 5.91 Å². The summed E-state index contributed by atoms with van der Waals surface area (Å²) in [7, 11) is 0. The lowest BCUT2D eigenvalue weighted by Gasteiger charge is -2.17. The molecule has 7 heteroatoms. The van der Waals surface area contributed by atoms with Gasteiger partial charge in [-0.1, -0.05) is 70.0 Å². The highest BCUT2D eigenvalue weighted by Crippen LogP contribution is 2.34. The number of aromatic nitrogens is 1. The number of rotatable bonds is 5. The number of hydrogen-bond donors (Lipinski definition) is 2. The smallest absolute Gasteiger partial charge is 0.335 e. The highest BCUT2D eigenvalue weighted by atomic mass is 79.9. The van der Waals surface area contributed by atoms with Gasteiger partial charge in [-0.2, -0.15) is 0 Å². The Hall–Kier alpha value is -4.00. The molecule has 0 aliphatic carbocycles. The van der Waals surface area contributed by atoms with E-state index in [9.17, 15) is 14.7 Å². The Morgan fingerprint density at radius 1 is 0.892 bits per heavy atom. The minimum absolute atomic E-state index is 0.115. The van der Waals surface area contributed by atoms with Gasteiger partial charge in [-0.15, -0.1) is 0 Å². The van der Waals surface area contributed by atoms with Gasteiger partial charge in [0.15, 0.2) is 0 Å². The van der Waals surface area contributed by atoms with Crippen molar-refractivity contribution in [3.05, 3.63) is 117 Å². The minimum atomic E-state index is -1.05. The van der Waals surface area contributed by atoms with Crippen LogP contribution >= 0.6 is 27.5 Å². The summed E-state index contributed by atoms with van der Waals surface area (Å²) in [5.41, 5.74) is 5.46. The normalized spacial score (nSPS) is 10.9. The van der Waals surface area contributed by atoms with E-state index in [0.29, 0.717) is 32.7 Å². The van der Waals surface area contributed by atoms with Gasteiger partial charge in [-0.3, -0.25) is 4.79 Å². The molecule has 1 aromatic heterocycles. The molecule has 2 N–H and O–H groups in total. The predicted molar refractivity (Wildman–Crippen MR) is 151 cm³/mol. The molecule has 0 saturated carbocycles. The summed E-state index contributed by atoms with van der Waals surface area (Å²) < 4.78 is 0.829. The van der Waals surface area contributed by atoms with E-state index in [2.05, 4.69) is 21.2 Å². The van der Waals surface area contributed by atoms with E-state index >= 15 is 0 Å². The van der Waals surface area contributed by atoms with Crippen LogP contribution in [0.1, 0.15) is 26.3 Å². The lowest BCUT2D eigenvalue weighted by Crippen LogP contribution is -2.16. The molecular weight excluding hydrogens is 552 g/mol. The number of carbonyl (C=O) groups is 2. The van der Waals surface area contributed by atoms with Crippen molar-refractivity contribution >= 4 is 56.0 Å². The van der Waals surface area contributed by atoms with E-state index in [1.165, 1.54) is 6.07 Å². The zero-order valence-electron chi connectivity index (χ0n) is 19.6. The minimum Gasteiger partial charge on any atom is -0.478 e. The topological polar surface area (TPSA) is 79.3 Å². The summed E-state index contributed by atoms with van der Waals surface area (Å²) in [5, 5.41) is 13.8. The first-order valence-corrected chi connectivity index (χ1v) is 12.6.